The summed E-state index contributed by atoms with van der Waals surface area (Å²) in [6.07, 6.45) is 8.57. The summed E-state index contributed by atoms with van der Waals surface area (Å²) in [7, 11) is -2.79. The Hall–Kier alpha value is -0.0900. The summed E-state index contributed by atoms with van der Waals surface area (Å²) >= 11 is 0. The molecule has 0 radical (unpaired) electrons. The van der Waals surface area contributed by atoms with Gasteiger partial charge in [0.2, 0.25) is 0 Å². The van der Waals surface area contributed by atoms with Gasteiger partial charge >= 0.3 is 0 Å². The van der Waals surface area contributed by atoms with Gasteiger partial charge in [-0.05, 0) is 31.7 Å². The number of nitrogens with one attached hydrogen (secondary N) is 1. The van der Waals surface area contributed by atoms with Crippen molar-refractivity contribution in [1.29, 1.82) is 0 Å². The predicted molar refractivity (Wildman–Crippen MR) is 68.4 cm³/mol. The van der Waals surface area contributed by atoms with Crippen molar-refractivity contribution in [3.8, 4) is 0 Å². The molecule has 2 atom stereocenters. The molecule has 0 aromatic heterocycles. The summed E-state index contributed by atoms with van der Waals surface area (Å²) in [5, 5.41) is 3.53. The Morgan fingerprint density at radius 3 is 2.56 bits per heavy atom. The highest BCUT2D eigenvalue weighted by atomic mass is 32.2. The monoisotopic (exact) mass is 247 g/mol. The Kier molecular flexibility index (Phi) is 5.76. The number of sulfone groups is 1. The molecule has 16 heavy (non-hydrogen) atoms. The van der Waals surface area contributed by atoms with Crippen LogP contribution in [-0.4, -0.2) is 33.0 Å². The van der Waals surface area contributed by atoms with Gasteiger partial charge in [0.25, 0.3) is 0 Å². The maximum Gasteiger partial charge on any atom is 0.147 e. The first-order chi connectivity index (χ1) is 7.53. The minimum Gasteiger partial charge on any atom is -0.314 e. The van der Waals surface area contributed by atoms with E-state index in [0.29, 0.717) is 11.8 Å². The molecule has 1 fully saturated rings. The summed E-state index contributed by atoms with van der Waals surface area (Å²) in [4.78, 5) is 0. The molecule has 0 amide bonds. The fourth-order valence-electron chi connectivity index (χ4n) is 2.59. The van der Waals surface area contributed by atoms with Crippen LogP contribution in [0.5, 0.6) is 0 Å². The second-order valence-electron chi connectivity index (χ2n) is 5.00. The molecule has 1 N–H and O–H groups in total. The summed E-state index contributed by atoms with van der Waals surface area (Å²) in [5.41, 5.74) is 0. The first-order valence-corrected chi connectivity index (χ1v) is 8.50. The molecular weight excluding hydrogens is 222 g/mol. The molecule has 0 heterocycles. The zero-order valence-electron chi connectivity index (χ0n) is 10.5. The Labute approximate surface area is 99.9 Å². The Bertz CT molecular complexity index is 287. The van der Waals surface area contributed by atoms with E-state index < -0.39 is 9.84 Å². The third-order valence-electron chi connectivity index (χ3n) is 3.53. The fourth-order valence-corrected chi connectivity index (χ4v) is 3.26. The molecule has 4 heteroatoms. The topological polar surface area (TPSA) is 46.2 Å². The van der Waals surface area contributed by atoms with Gasteiger partial charge in [0.15, 0.2) is 0 Å². The highest BCUT2D eigenvalue weighted by Gasteiger charge is 2.22. The van der Waals surface area contributed by atoms with E-state index in [1.807, 2.05) is 0 Å². The molecule has 3 nitrogen and oxygen atoms in total. The zero-order chi connectivity index (χ0) is 12.0. The molecular formula is C12H25NO2S. The highest BCUT2D eigenvalue weighted by molar-refractivity contribution is 7.90. The van der Waals surface area contributed by atoms with Crippen LogP contribution in [-0.2, 0) is 9.84 Å². The lowest BCUT2D eigenvalue weighted by Crippen LogP contribution is -2.39. The van der Waals surface area contributed by atoms with Crippen molar-refractivity contribution in [2.24, 2.45) is 5.92 Å². The van der Waals surface area contributed by atoms with E-state index in [-0.39, 0.29) is 0 Å². The third-order valence-corrected chi connectivity index (χ3v) is 4.56. The van der Waals surface area contributed by atoms with Gasteiger partial charge in [-0.3, -0.25) is 0 Å². The highest BCUT2D eigenvalue weighted by Crippen LogP contribution is 2.26. The molecule has 0 bridgehead atoms. The van der Waals surface area contributed by atoms with Crippen LogP contribution >= 0.6 is 0 Å². The standard InChI is InChI=1S/C12H25NO2S/c1-3-11-7-4-5-8-12(11)13-9-6-10-16(2,14)15/h11-13H,3-10H2,1-2H3. The van der Waals surface area contributed by atoms with Crippen molar-refractivity contribution in [2.75, 3.05) is 18.6 Å². The van der Waals surface area contributed by atoms with Crippen LogP contribution in [0, 0.1) is 5.92 Å². The average Bonchev–Trinajstić information content (AvgIpc) is 2.23. The maximum absolute atomic E-state index is 11.0. The second kappa shape index (κ2) is 6.60. The van der Waals surface area contributed by atoms with Crippen LogP contribution in [0.25, 0.3) is 0 Å². The lowest BCUT2D eigenvalue weighted by atomic mass is 9.83. The van der Waals surface area contributed by atoms with Crippen molar-refractivity contribution in [2.45, 2.75) is 51.5 Å². The van der Waals surface area contributed by atoms with Crippen LogP contribution < -0.4 is 5.32 Å². The summed E-state index contributed by atoms with van der Waals surface area (Å²) < 4.78 is 22.0. The lowest BCUT2D eigenvalue weighted by molar-refractivity contribution is 0.256. The van der Waals surface area contributed by atoms with Gasteiger partial charge in [0, 0.05) is 12.3 Å². The minimum absolute atomic E-state index is 0.309. The van der Waals surface area contributed by atoms with Crippen molar-refractivity contribution in [3.63, 3.8) is 0 Å². The molecule has 0 spiro atoms. The van der Waals surface area contributed by atoms with Gasteiger partial charge < -0.3 is 5.32 Å². The van der Waals surface area contributed by atoms with Gasteiger partial charge in [0.1, 0.15) is 9.84 Å². The average molecular weight is 247 g/mol. The van der Waals surface area contributed by atoms with Crippen molar-refractivity contribution >= 4 is 9.84 Å². The predicted octanol–water partition coefficient (Wildman–Crippen LogP) is 1.98. The molecule has 0 saturated heterocycles. The van der Waals surface area contributed by atoms with Crippen LogP contribution in [0.15, 0.2) is 0 Å². The van der Waals surface area contributed by atoms with Crippen molar-refractivity contribution in [3.05, 3.63) is 0 Å². The molecule has 1 aliphatic rings. The van der Waals surface area contributed by atoms with E-state index in [1.165, 1.54) is 38.4 Å². The molecule has 2 unspecified atom stereocenters. The van der Waals surface area contributed by atoms with Crippen LogP contribution in [0.4, 0.5) is 0 Å². The molecule has 0 aliphatic heterocycles. The summed E-state index contributed by atoms with van der Waals surface area (Å²) in [6, 6.07) is 0.623. The normalized spacial score (nSPS) is 26.9. The zero-order valence-corrected chi connectivity index (χ0v) is 11.4. The maximum atomic E-state index is 11.0. The second-order valence-corrected chi connectivity index (χ2v) is 7.26. The van der Waals surface area contributed by atoms with E-state index in [0.717, 1.165) is 18.9 Å². The van der Waals surface area contributed by atoms with E-state index >= 15 is 0 Å². The van der Waals surface area contributed by atoms with Gasteiger partial charge in [-0.2, -0.15) is 0 Å². The number of hydrogen-bond acceptors (Lipinski definition) is 3. The minimum atomic E-state index is -2.79. The molecule has 0 aromatic rings. The quantitative estimate of drug-likeness (QED) is 0.730. The van der Waals surface area contributed by atoms with Gasteiger partial charge in [-0.1, -0.05) is 26.2 Å². The molecule has 1 aliphatic carbocycles. The Morgan fingerprint density at radius 1 is 1.25 bits per heavy atom. The first-order valence-electron chi connectivity index (χ1n) is 6.44. The number of hydrogen-bond donors (Lipinski definition) is 1. The molecule has 1 rings (SSSR count). The molecule has 1 saturated carbocycles. The summed E-state index contributed by atoms with van der Waals surface area (Å²) in [5.74, 6) is 1.11. The van der Waals surface area contributed by atoms with Crippen LogP contribution in [0.1, 0.15) is 45.4 Å². The van der Waals surface area contributed by atoms with E-state index in [9.17, 15) is 8.42 Å². The van der Waals surface area contributed by atoms with Gasteiger partial charge in [-0.25, -0.2) is 8.42 Å². The van der Waals surface area contributed by atoms with Crippen molar-refractivity contribution < 1.29 is 8.42 Å². The van der Waals surface area contributed by atoms with Crippen molar-refractivity contribution in [1.82, 2.24) is 5.32 Å². The van der Waals surface area contributed by atoms with E-state index in [1.54, 1.807) is 0 Å². The first kappa shape index (κ1) is 14.0. The van der Waals surface area contributed by atoms with Crippen LogP contribution in [0.3, 0.4) is 0 Å². The third kappa shape index (κ3) is 5.30. The molecule has 96 valence electrons. The smallest absolute Gasteiger partial charge is 0.147 e. The Balaban J connectivity index is 2.20. The molecule has 0 aromatic carbocycles. The Morgan fingerprint density at radius 2 is 1.94 bits per heavy atom. The largest absolute Gasteiger partial charge is 0.314 e. The summed E-state index contributed by atoms with van der Waals surface area (Å²) in [6.45, 7) is 3.09. The lowest BCUT2D eigenvalue weighted by Gasteiger charge is -2.31. The fraction of sp³-hybridized carbons (Fsp3) is 1.00. The van der Waals surface area contributed by atoms with E-state index in [2.05, 4.69) is 12.2 Å². The van der Waals surface area contributed by atoms with E-state index in [4.69, 9.17) is 0 Å². The van der Waals surface area contributed by atoms with Crippen LogP contribution in [0.2, 0.25) is 0 Å². The van der Waals surface area contributed by atoms with Gasteiger partial charge in [0.05, 0.1) is 5.75 Å². The van der Waals surface area contributed by atoms with Gasteiger partial charge in [-0.15, -0.1) is 0 Å². The SMILES string of the molecule is CCC1CCCCC1NCCCS(C)(=O)=O. The number of rotatable bonds is 6.